The first-order valence-corrected chi connectivity index (χ1v) is 4.36. The largest absolute Gasteiger partial charge is 0.396 e. The Balaban J connectivity index is 2.73. The zero-order valence-corrected chi connectivity index (χ0v) is 7.71. The molecule has 0 aliphatic heterocycles. The highest BCUT2D eigenvalue weighted by atomic mass is 16.7. The fourth-order valence-electron chi connectivity index (χ4n) is 0.755. The highest BCUT2D eigenvalue weighted by molar-refractivity contribution is 4.40. The minimum atomic E-state index is 0.282. The van der Waals surface area contributed by atoms with E-state index in [4.69, 9.17) is 14.7 Å². The molecular formula is C8H19NO3. The van der Waals surface area contributed by atoms with Crippen molar-refractivity contribution in [2.45, 2.75) is 19.3 Å². The van der Waals surface area contributed by atoms with Crippen LogP contribution in [0.4, 0.5) is 0 Å². The molecule has 2 N–H and O–H groups in total. The Labute approximate surface area is 73.8 Å². The number of aliphatic hydroxyl groups excluding tert-OH is 1. The van der Waals surface area contributed by atoms with Gasteiger partial charge < -0.3 is 9.84 Å². The van der Waals surface area contributed by atoms with E-state index in [0.717, 1.165) is 25.8 Å². The fraction of sp³-hybridized carbons (Fsp3) is 1.00. The molecule has 74 valence electrons. The van der Waals surface area contributed by atoms with Crippen LogP contribution in [0.15, 0.2) is 0 Å². The van der Waals surface area contributed by atoms with Crippen LogP contribution in [0.3, 0.4) is 0 Å². The third-order valence-electron chi connectivity index (χ3n) is 1.43. The molecule has 0 aromatic heterocycles. The van der Waals surface area contributed by atoms with Crippen LogP contribution in [0.5, 0.6) is 0 Å². The van der Waals surface area contributed by atoms with E-state index in [1.54, 1.807) is 7.11 Å². The van der Waals surface area contributed by atoms with Gasteiger partial charge in [0, 0.05) is 20.3 Å². The number of hydroxylamine groups is 1. The molecule has 0 aliphatic carbocycles. The van der Waals surface area contributed by atoms with Gasteiger partial charge in [-0.25, -0.2) is 5.48 Å². The predicted octanol–water partition coefficient (Wildman–Crippen LogP) is 0.317. The molecule has 0 aliphatic rings. The Kier molecular flexibility index (Phi) is 10.7. The van der Waals surface area contributed by atoms with Gasteiger partial charge in [0.1, 0.15) is 0 Å². The Morgan fingerprint density at radius 1 is 1.17 bits per heavy atom. The highest BCUT2D eigenvalue weighted by Crippen LogP contribution is 1.91. The molecule has 0 bridgehead atoms. The van der Waals surface area contributed by atoms with Gasteiger partial charge in [-0.3, -0.25) is 4.84 Å². The summed E-state index contributed by atoms with van der Waals surface area (Å²) < 4.78 is 4.79. The second-order valence-corrected chi connectivity index (χ2v) is 2.52. The van der Waals surface area contributed by atoms with Crippen LogP contribution in [-0.4, -0.2) is 38.6 Å². The molecule has 0 spiro atoms. The smallest absolute Gasteiger partial charge is 0.0915 e. The van der Waals surface area contributed by atoms with E-state index in [9.17, 15) is 0 Å². The molecular weight excluding hydrogens is 158 g/mol. The van der Waals surface area contributed by atoms with Crippen molar-refractivity contribution < 1.29 is 14.7 Å². The van der Waals surface area contributed by atoms with Crippen LogP contribution in [-0.2, 0) is 9.57 Å². The molecule has 4 heteroatoms. The van der Waals surface area contributed by atoms with Crippen LogP contribution in [0.1, 0.15) is 19.3 Å². The van der Waals surface area contributed by atoms with E-state index >= 15 is 0 Å². The summed E-state index contributed by atoms with van der Waals surface area (Å²) in [6.07, 6.45) is 2.95. The number of ether oxygens (including phenoxy) is 1. The van der Waals surface area contributed by atoms with Crippen molar-refractivity contribution in [3.63, 3.8) is 0 Å². The molecule has 0 radical (unpaired) electrons. The zero-order valence-electron chi connectivity index (χ0n) is 7.71. The summed E-state index contributed by atoms with van der Waals surface area (Å²) in [5.41, 5.74) is 2.82. The van der Waals surface area contributed by atoms with Crippen molar-refractivity contribution in [2.24, 2.45) is 0 Å². The van der Waals surface area contributed by atoms with Crippen molar-refractivity contribution in [1.29, 1.82) is 0 Å². The van der Waals surface area contributed by atoms with Gasteiger partial charge >= 0.3 is 0 Å². The quantitative estimate of drug-likeness (QED) is 0.393. The van der Waals surface area contributed by atoms with E-state index in [2.05, 4.69) is 5.48 Å². The molecule has 4 nitrogen and oxygen atoms in total. The van der Waals surface area contributed by atoms with Gasteiger partial charge in [0.2, 0.25) is 0 Å². The number of nitrogens with one attached hydrogen (secondary N) is 1. The summed E-state index contributed by atoms with van der Waals surface area (Å²) in [6.45, 7) is 2.31. The monoisotopic (exact) mass is 177 g/mol. The summed E-state index contributed by atoms with van der Waals surface area (Å²) in [5, 5.41) is 8.47. The topological polar surface area (TPSA) is 50.7 Å². The Bertz CT molecular complexity index is 70.7. The van der Waals surface area contributed by atoms with Crippen LogP contribution in [0, 0.1) is 0 Å². The lowest BCUT2D eigenvalue weighted by Crippen LogP contribution is -2.18. The summed E-state index contributed by atoms with van der Waals surface area (Å²) >= 11 is 0. The van der Waals surface area contributed by atoms with Gasteiger partial charge in [-0.05, 0) is 19.3 Å². The molecule has 12 heavy (non-hydrogen) atoms. The number of hydrogen-bond donors (Lipinski definition) is 2. The van der Waals surface area contributed by atoms with Crippen molar-refractivity contribution in [2.75, 3.05) is 33.5 Å². The Morgan fingerprint density at radius 2 is 2.00 bits per heavy atom. The first kappa shape index (κ1) is 11.8. The van der Waals surface area contributed by atoms with Gasteiger partial charge in [0.25, 0.3) is 0 Å². The van der Waals surface area contributed by atoms with Crippen LogP contribution < -0.4 is 5.48 Å². The average Bonchev–Trinajstić information content (AvgIpc) is 2.10. The Morgan fingerprint density at radius 3 is 2.67 bits per heavy atom. The molecule has 0 saturated heterocycles. The summed E-state index contributed by atoms with van der Waals surface area (Å²) in [7, 11) is 1.64. The number of hydrogen-bond acceptors (Lipinski definition) is 4. The average molecular weight is 177 g/mol. The molecule has 0 unspecified atom stereocenters. The molecule has 0 fully saturated rings. The minimum absolute atomic E-state index is 0.282. The maximum Gasteiger partial charge on any atom is 0.0915 e. The minimum Gasteiger partial charge on any atom is -0.396 e. The lowest BCUT2D eigenvalue weighted by atomic mass is 10.2. The van der Waals surface area contributed by atoms with Crippen LogP contribution >= 0.6 is 0 Å². The van der Waals surface area contributed by atoms with Crippen LogP contribution in [0.25, 0.3) is 0 Å². The molecule has 0 amide bonds. The van der Waals surface area contributed by atoms with Gasteiger partial charge in [-0.15, -0.1) is 0 Å². The second kappa shape index (κ2) is 10.8. The lowest BCUT2D eigenvalue weighted by molar-refractivity contribution is 0.00635. The normalized spacial score (nSPS) is 10.5. The standard InChI is InChI=1S/C8H19NO3/c1-11-7-8-12-9-5-3-2-4-6-10/h9-10H,2-8H2,1H3. The first-order valence-electron chi connectivity index (χ1n) is 4.36. The number of unbranched alkanes of at least 4 members (excludes halogenated alkanes) is 2. The van der Waals surface area contributed by atoms with E-state index in [-0.39, 0.29) is 6.61 Å². The maximum absolute atomic E-state index is 8.47. The molecule has 0 heterocycles. The summed E-state index contributed by atoms with van der Waals surface area (Å²) in [6, 6.07) is 0. The van der Waals surface area contributed by atoms with Crippen molar-refractivity contribution in [3.8, 4) is 0 Å². The van der Waals surface area contributed by atoms with E-state index in [1.165, 1.54) is 0 Å². The molecule has 0 aromatic carbocycles. The van der Waals surface area contributed by atoms with Crippen molar-refractivity contribution in [1.82, 2.24) is 5.48 Å². The van der Waals surface area contributed by atoms with E-state index in [1.807, 2.05) is 0 Å². The maximum atomic E-state index is 8.47. The zero-order chi connectivity index (χ0) is 9.07. The number of rotatable bonds is 9. The Hall–Kier alpha value is -0.160. The summed E-state index contributed by atoms with van der Waals surface area (Å²) in [5.74, 6) is 0. The molecule has 0 saturated carbocycles. The van der Waals surface area contributed by atoms with Gasteiger partial charge in [-0.1, -0.05) is 0 Å². The number of methoxy groups -OCH3 is 1. The van der Waals surface area contributed by atoms with E-state index in [0.29, 0.717) is 13.2 Å². The van der Waals surface area contributed by atoms with Gasteiger partial charge in [0.15, 0.2) is 0 Å². The SMILES string of the molecule is COCCONCCCCCO. The molecule has 0 atom stereocenters. The van der Waals surface area contributed by atoms with Gasteiger partial charge in [0.05, 0.1) is 13.2 Å². The number of aliphatic hydroxyl groups is 1. The van der Waals surface area contributed by atoms with Crippen molar-refractivity contribution in [3.05, 3.63) is 0 Å². The highest BCUT2D eigenvalue weighted by Gasteiger charge is 1.88. The predicted molar refractivity (Wildman–Crippen MR) is 46.8 cm³/mol. The third kappa shape index (κ3) is 9.84. The fourth-order valence-corrected chi connectivity index (χ4v) is 0.755. The second-order valence-electron chi connectivity index (χ2n) is 2.52. The third-order valence-corrected chi connectivity index (χ3v) is 1.43. The lowest BCUT2D eigenvalue weighted by Gasteiger charge is -2.04. The first-order chi connectivity index (χ1) is 5.91. The van der Waals surface area contributed by atoms with Crippen molar-refractivity contribution >= 4 is 0 Å². The molecule has 0 rings (SSSR count). The summed E-state index contributed by atoms with van der Waals surface area (Å²) in [4.78, 5) is 5.02. The van der Waals surface area contributed by atoms with Crippen LogP contribution in [0.2, 0.25) is 0 Å². The van der Waals surface area contributed by atoms with Gasteiger partial charge in [-0.2, -0.15) is 0 Å². The molecule has 0 aromatic rings. The van der Waals surface area contributed by atoms with E-state index < -0.39 is 0 Å².